The van der Waals surface area contributed by atoms with Gasteiger partial charge in [-0.15, -0.1) is 0 Å². The van der Waals surface area contributed by atoms with Crippen LogP contribution in [0.4, 0.5) is 4.39 Å². The van der Waals surface area contributed by atoms with E-state index in [0.29, 0.717) is 22.8 Å². The summed E-state index contributed by atoms with van der Waals surface area (Å²) in [7, 11) is 0. The molecule has 2 N–H and O–H groups in total. The fourth-order valence-electron chi connectivity index (χ4n) is 2.21. The van der Waals surface area contributed by atoms with Gasteiger partial charge in [0.15, 0.2) is 0 Å². The van der Waals surface area contributed by atoms with Gasteiger partial charge in [-0.25, -0.2) is 4.39 Å². The van der Waals surface area contributed by atoms with E-state index in [2.05, 4.69) is 0 Å². The van der Waals surface area contributed by atoms with Crippen LogP contribution < -0.4 is 5.73 Å². The van der Waals surface area contributed by atoms with Crippen molar-refractivity contribution in [2.45, 2.75) is 12.5 Å². The molecule has 20 heavy (non-hydrogen) atoms. The zero-order chi connectivity index (χ0) is 14.1. The molecular weight excluding hydrogens is 277 g/mol. The highest BCUT2D eigenvalue weighted by atomic mass is 35.5. The molecule has 2 aromatic carbocycles. The van der Waals surface area contributed by atoms with Gasteiger partial charge in [-0.3, -0.25) is 0 Å². The van der Waals surface area contributed by atoms with Gasteiger partial charge >= 0.3 is 0 Å². The molecule has 0 aliphatic rings. The predicted octanol–water partition coefficient (Wildman–Crippen LogP) is 4.47. The van der Waals surface area contributed by atoms with Crippen LogP contribution in [0.1, 0.15) is 17.4 Å². The average molecular weight is 290 g/mol. The Balaban J connectivity index is 1.86. The van der Waals surface area contributed by atoms with Gasteiger partial charge in [-0.05, 0) is 36.2 Å². The van der Waals surface area contributed by atoms with E-state index in [1.54, 1.807) is 12.1 Å². The highest BCUT2D eigenvalue weighted by Crippen LogP contribution is 2.26. The Morgan fingerprint density at radius 2 is 1.95 bits per heavy atom. The van der Waals surface area contributed by atoms with E-state index in [4.69, 9.17) is 21.8 Å². The van der Waals surface area contributed by atoms with Gasteiger partial charge < -0.3 is 10.2 Å². The Bertz CT molecular complexity index is 720. The van der Waals surface area contributed by atoms with E-state index in [1.807, 2.05) is 30.3 Å². The zero-order valence-electron chi connectivity index (χ0n) is 10.6. The number of furan rings is 1. The summed E-state index contributed by atoms with van der Waals surface area (Å²) < 4.78 is 19.5. The fraction of sp³-hybridized carbons (Fsp3) is 0.125. The number of hydrogen-bond donors (Lipinski definition) is 1. The number of rotatable bonds is 3. The molecule has 3 aromatic rings. The second-order valence-electron chi connectivity index (χ2n) is 4.73. The third-order valence-corrected chi connectivity index (χ3v) is 3.50. The van der Waals surface area contributed by atoms with Crippen molar-refractivity contribution in [3.63, 3.8) is 0 Å². The topological polar surface area (TPSA) is 39.2 Å². The van der Waals surface area contributed by atoms with Gasteiger partial charge in [0.1, 0.15) is 17.2 Å². The molecule has 0 fully saturated rings. The molecule has 1 atom stereocenters. The normalized spacial score (nSPS) is 12.8. The minimum Gasteiger partial charge on any atom is -0.459 e. The second kappa shape index (κ2) is 5.27. The molecule has 4 heteroatoms. The van der Waals surface area contributed by atoms with Crippen LogP contribution in [-0.2, 0) is 6.42 Å². The SMILES string of the molecule is NC(Cc1ccc(Cl)cc1F)c1cc2ccccc2o1. The zero-order valence-corrected chi connectivity index (χ0v) is 11.4. The Morgan fingerprint density at radius 3 is 2.70 bits per heavy atom. The molecule has 0 saturated heterocycles. The van der Waals surface area contributed by atoms with E-state index < -0.39 is 6.04 Å². The lowest BCUT2D eigenvalue weighted by molar-refractivity contribution is 0.487. The van der Waals surface area contributed by atoms with E-state index in [1.165, 1.54) is 6.07 Å². The molecule has 1 aromatic heterocycles. The highest BCUT2D eigenvalue weighted by molar-refractivity contribution is 6.30. The van der Waals surface area contributed by atoms with Crippen molar-refractivity contribution in [3.05, 3.63) is 70.7 Å². The van der Waals surface area contributed by atoms with Crippen molar-refractivity contribution < 1.29 is 8.81 Å². The van der Waals surface area contributed by atoms with Crippen LogP contribution in [0.5, 0.6) is 0 Å². The third-order valence-electron chi connectivity index (χ3n) is 3.26. The molecule has 0 aliphatic carbocycles. The first kappa shape index (κ1) is 13.2. The van der Waals surface area contributed by atoms with Crippen molar-refractivity contribution in [3.8, 4) is 0 Å². The van der Waals surface area contributed by atoms with Crippen molar-refractivity contribution in [1.82, 2.24) is 0 Å². The molecule has 1 unspecified atom stereocenters. The lowest BCUT2D eigenvalue weighted by Crippen LogP contribution is -2.13. The summed E-state index contributed by atoms with van der Waals surface area (Å²) in [5, 5.41) is 1.37. The van der Waals surface area contributed by atoms with Gasteiger partial charge in [0, 0.05) is 10.4 Å². The van der Waals surface area contributed by atoms with Crippen LogP contribution >= 0.6 is 11.6 Å². The third kappa shape index (κ3) is 2.55. The summed E-state index contributed by atoms with van der Waals surface area (Å²) in [6, 6.07) is 13.8. The molecule has 3 rings (SSSR count). The Labute approximate surface area is 121 Å². The minimum absolute atomic E-state index is 0.343. The van der Waals surface area contributed by atoms with Gasteiger partial charge in [-0.1, -0.05) is 35.9 Å². The van der Waals surface area contributed by atoms with Gasteiger partial charge in [0.2, 0.25) is 0 Å². The van der Waals surface area contributed by atoms with Crippen LogP contribution in [0.2, 0.25) is 5.02 Å². The molecule has 1 heterocycles. The molecule has 0 saturated carbocycles. The predicted molar refractivity (Wildman–Crippen MR) is 78.3 cm³/mol. The van der Waals surface area contributed by atoms with E-state index in [-0.39, 0.29) is 5.82 Å². The van der Waals surface area contributed by atoms with Crippen molar-refractivity contribution >= 4 is 22.6 Å². The van der Waals surface area contributed by atoms with E-state index >= 15 is 0 Å². The monoisotopic (exact) mass is 289 g/mol. The Hall–Kier alpha value is -1.84. The van der Waals surface area contributed by atoms with Crippen LogP contribution in [-0.4, -0.2) is 0 Å². The summed E-state index contributed by atoms with van der Waals surface area (Å²) >= 11 is 5.73. The quantitative estimate of drug-likeness (QED) is 0.773. The smallest absolute Gasteiger partial charge is 0.134 e. The van der Waals surface area contributed by atoms with Crippen molar-refractivity contribution in [2.75, 3.05) is 0 Å². The summed E-state index contributed by atoms with van der Waals surface area (Å²) in [4.78, 5) is 0. The van der Waals surface area contributed by atoms with Crippen LogP contribution in [0.25, 0.3) is 11.0 Å². The largest absolute Gasteiger partial charge is 0.459 e. The summed E-state index contributed by atoms with van der Waals surface area (Å²) in [6.45, 7) is 0. The summed E-state index contributed by atoms with van der Waals surface area (Å²) in [5.74, 6) is 0.310. The molecule has 0 amide bonds. The molecular formula is C16H13ClFNO. The van der Waals surface area contributed by atoms with Gasteiger partial charge in [0.25, 0.3) is 0 Å². The minimum atomic E-state index is -0.391. The number of benzene rings is 2. The first-order chi connectivity index (χ1) is 9.63. The fourth-order valence-corrected chi connectivity index (χ4v) is 2.37. The standard InChI is InChI=1S/C16H13ClFNO/c17-12-6-5-10(13(18)9-12)7-14(19)16-8-11-3-1-2-4-15(11)20-16/h1-6,8-9,14H,7,19H2. The maximum Gasteiger partial charge on any atom is 0.134 e. The highest BCUT2D eigenvalue weighted by Gasteiger charge is 2.15. The molecule has 2 nitrogen and oxygen atoms in total. The number of nitrogens with two attached hydrogens (primary N) is 1. The lowest BCUT2D eigenvalue weighted by Gasteiger charge is -2.09. The molecule has 102 valence electrons. The van der Waals surface area contributed by atoms with E-state index in [0.717, 1.165) is 11.0 Å². The first-order valence-corrected chi connectivity index (χ1v) is 6.69. The average Bonchev–Trinajstić information content (AvgIpc) is 2.86. The maximum atomic E-state index is 13.8. The van der Waals surface area contributed by atoms with Gasteiger partial charge in [0.05, 0.1) is 6.04 Å². The van der Waals surface area contributed by atoms with Crippen LogP contribution in [0, 0.1) is 5.82 Å². The van der Waals surface area contributed by atoms with E-state index in [9.17, 15) is 4.39 Å². The lowest BCUT2D eigenvalue weighted by atomic mass is 10.0. The first-order valence-electron chi connectivity index (χ1n) is 6.31. The number of halogens is 2. The Morgan fingerprint density at radius 1 is 1.15 bits per heavy atom. The number of para-hydroxylation sites is 1. The molecule has 0 radical (unpaired) electrons. The summed E-state index contributed by atoms with van der Waals surface area (Å²) in [5.41, 5.74) is 7.42. The van der Waals surface area contributed by atoms with Crippen LogP contribution in [0.3, 0.4) is 0 Å². The summed E-state index contributed by atoms with van der Waals surface area (Å²) in [6.07, 6.45) is 0.364. The van der Waals surface area contributed by atoms with Crippen molar-refractivity contribution in [2.24, 2.45) is 5.73 Å². The molecule has 0 aliphatic heterocycles. The van der Waals surface area contributed by atoms with Gasteiger partial charge in [-0.2, -0.15) is 0 Å². The number of hydrogen-bond acceptors (Lipinski definition) is 2. The molecule has 0 spiro atoms. The molecule has 0 bridgehead atoms. The van der Waals surface area contributed by atoms with Crippen LogP contribution in [0.15, 0.2) is 52.9 Å². The maximum absolute atomic E-state index is 13.8. The second-order valence-corrected chi connectivity index (χ2v) is 5.17. The number of fused-ring (bicyclic) bond motifs is 1. The van der Waals surface area contributed by atoms with Crippen molar-refractivity contribution in [1.29, 1.82) is 0 Å². The Kier molecular flexibility index (Phi) is 3.47.